The summed E-state index contributed by atoms with van der Waals surface area (Å²) < 4.78 is 0. The van der Waals surface area contributed by atoms with Gasteiger partial charge in [0.05, 0.1) is 0 Å². The van der Waals surface area contributed by atoms with Crippen LogP contribution in [-0.2, 0) is 11.2 Å². The summed E-state index contributed by atoms with van der Waals surface area (Å²) in [6.45, 7) is 9.29. The standard InChI is InChI=1S/C15H23ClN4O/c1-6-7-11-17-12(16)10(2)13(18-11)20-9-8-19(5)14(21)15(20,3)4/h6-9H2,1-5H3. The monoisotopic (exact) mass is 310 g/mol. The van der Waals surface area contributed by atoms with Gasteiger partial charge in [-0.3, -0.25) is 4.79 Å². The molecule has 0 aromatic carbocycles. The molecule has 1 amide bonds. The van der Waals surface area contributed by atoms with Crippen molar-refractivity contribution in [1.82, 2.24) is 14.9 Å². The Morgan fingerprint density at radius 1 is 1.29 bits per heavy atom. The Labute approximate surface area is 131 Å². The molecule has 2 heterocycles. The van der Waals surface area contributed by atoms with Gasteiger partial charge >= 0.3 is 0 Å². The minimum atomic E-state index is -0.626. The van der Waals surface area contributed by atoms with Gasteiger partial charge in [-0.05, 0) is 27.2 Å². The molecule has 5 nitrogen and oxygen atoms in total. The topological polar surface area (TPSA) is 49.3 Å². The lowest BCUT2D eigenvalue weighted by Gasteiger charge is -2.46. The van der Waals surface area contributed by atoms with Crippen molar-refractivity contribution in [3.05, 3.63) is 16.5 Å². The molecule has 0 atom stereocenters. The normalized spacial score (nSPS) is 18.3. The van der Waals surface area contributed by atoms with Crippen LogP contribution in [0.25, 0.3) is 0 Å². The van der Waals surface area contributed by atoms with E-state index < -0.39 is 5.54 Å². The fourth-order valence-corrected chi connectivity index (χ4v) is 2.89. The van der Waals surface area contributed by atoms with Gasteiger partial charge in [0.1, 0.15) is 22.3 Å². The molecule has 116 valence electrons. The largest absolute Gasteiger partial charge is 0.342 e. The summed E-state index contributed by atoms with van der Waals surface area (Å²) in [6, 6.07) is 0. The van der Waals surface area contributed by atoms with Gasteiger partial charge < -0.3 is 9.80 Å². The van der Waals surface area contributed by atoms with Gasteiger partial charge in [0.15, 0.2) is 0 Å². The van der Waals surface area contributed by atoms with Gasteiger partial charge in [0.2, 0.25) is 5.91 Å². The summed E-state index contributed by atoms with van der Waals surface area (Å²) in [5, 5.41) is 0.477. The molecule has 6 heteroatoms. The molecule has 1 fully saturated rings. The smallest absolute Gasteiger partial charge is 0.247 e. The maximum Gasteiger partial charge on any atom is 0.247 e. The number of hydrogen-bond donors (Lipinski definition) is 0. The van der Waals surface area contributed by atoms with Crippen molar-refractivity contribution in [3.8, 4) is 0 Å². The highest BCUT2D eigenvalue weighted by Crippen LogP contribution is 2.32. The fourth-order valence-electron chi connectivity index (χ4n) is 2.70. The van der Waals surface area contributed by atoms with E-state index in [-0.39, 0.29) is 5.91 Å². The molecule has 0 spiro atoms. The van der Waals surface area contributed by atoms with Gasteiger partial charge in [0.25, 0.3) is 0 Å². The number of hydrogen-bond acceptors (Lipinski definition) is 4. The molecule has 1 aliphatic heterocycles. The average Bonchev–Trinajstić information content (AvgIpc) is 2.41. The number of rotatable bonds is 3. The molecule has 0 N–H and O–H groups in total. The Kier molecular flexibility index (Phi) is 4.42. The first-order valence-corrected chi connectivity index (χ1v) is 7.73. The second-order valence-electron chi connectivity index (χ2n) is 6.07. The van der Waals surface area contributed by atoms with Crippen LogP contribution in [0.2, 0.25) is 5.15 Å². The quantitative estimate of drug-likeness (QED) is 0.805. The number of likely N-dealkylation sites (N-methyl/N-ethyl adjacent to an activating group) is 1. The maximum absolute atomic E-state index is 12.4. The average molecular weight is 311 g/mol. The molecule has 1 aromatic rings. The van der Waals surface area contributed by atoms with Crippen LogP contribution in [0.4, 0.5) is 5.82 Å². The minimum Gasteiger partial charge on any atom is -0.342 e. The number of piperazine rings is 1. The van der Waals surface area contributed by atoms with Crippen LogP contribution in [0.3, 0.4) is 0 Å². The highest BCUT2D eigenvalue weighted by molar-refractivity contribution is 6.30. The molecule has 0 aliphatic carbocycles. The van der Waals surface area contributed by atoms with E-state index in [9.17, 15) is 4.79 Å². The molecule has 0 saturated carbocycles. The van der Waals surface area contributed by atoms with Crippen LogP contribution >= 0.6 is 11.6 Å². The molecular weight excluding hydrogens is 288 g/mol. The zero-order valence-electron chi connectivity index (χ0n) is 13.4. The predicted molar refractivity (Wildman–Crippen MR) is 84.8 cm³/mol. The summed E-state index contributed by atoms with van der Waals surface area (Å²) in [4.78, 5) is 25.3. The van der Waals surface area contributed by atoms with E-state index in [4.69, 9.17) is 11.6 Å². The molecule has 2 rings (SSSR count). The van der Waals surface area contributed by atoms with Crippen molar-refractivity contribution in [3.63, 3.8) is 0 Å². The number of halogens is 1. The first kappa shape index (κ1) is 16.0. The summed E-state index contributed by atoms with van der Waals surface area (Å²) in [5.41, 5.74) is 0.209. The first-order chi connectivity index (χ1) is 9.78. The second-order valence-corrected chi connectivity index (χ2v) is 6.42. The van der Waals surface area contributed by atoms with Crippen LogP contribution in [0.5, 0.6) is 0 Å². The van der Waals surface area contributed by atoms with E-state index in [1.54, 1.807) is 4.90 Å². The van der Waals surface area contributed by atoms with E-state index in [0.717, 1.165) is 36.6 Å². The molecule has 21 heavy (non-hydrogen) atoms. The lowest BCUT2D eigenvalue weighted by Crippen LogP contribution is -2.62. The van der Waals surface area contributed by atoms with Crippen molar-refractivity contribution in [2.24, 2.45) is 0 Å². The summed E-state index contributed by atoms with van der Waals surface area (Å²) in [5.74, 6) is 1.62. The van der Waals surface area contributed by atoms with E-state index in [0.29, 0.717) is 11.7 Å². The summed E-state index contributed by atoms with van der Waals surface area (Å²) in [7, 11) is 1.84. The van der Waals surface area contributed by atoms with Gasteiger partial charge in [0, 0.05) is 32.1 Å². The van der Waals surface area contributed by atoms with Gasteiger partial charge in [-0.1, -0.05) is 18.5 Å². The Hall–Kier alpha value is -1.36. The number of nitrogens with zero attached hydrogens (tertiary/aromatic N) is 4. The third-order valence-corrected chi connectivity index (χ3v) is 4.41. The van der Waals surface area contributed by atoms with Crippen LogP contribution in [0.1, 0.15) is 38.6 Å². The Balaban J connectivity index is 2.47. The number of amides is 1. The zero-order chi connectivity index (χ0) is 15.8. The number of anilines is 1. The van der Waals surface area contributed by atoms with Crippen molar-refractivity contribution in [1.29, 1.82) is 0 Å². The number of carbonyl (C=O) groups excluding carboxylic acids is 1. The molecular formula is C15H23ClN4O. The number of aromatic nitrogens is 2. The highest BCUT2D eigenvalue weighted by atomic mass is 35.5. The van der Waals surface area contributed by atoms with Crippen molar-refractivity contribution in [2.45, 2.75) is 46.1 Å². The summed E-state index contributed by atoms with van der Waals surface area (Å²) in [6.07, 6.45) is 1.75. The molecule has 0 unspecified atom stereocenters. The maximum atomic E-state index is 12.4. The van der Waals surface area contributed by atoms with Gasteiger partial charge in [-0.15, -0.1) is 0 Å². The number of carbonyl (C=O) groups is 1. The third-order valence-electron chi connectivity index (χ3n) is 4.04. The van der Waals surface area contributed by atoms with E-state index in [1.807, 2.05) is 27.8 Å². The van der Waals surface area contributed by atoms with Crippen molar-refractivity contribution >= 4 is 23.3 Å². The molecule has 0 radical (unpaired) electrons. The Morgan fingerprint density at radius 2 is 1.95 bits per heavy atom. The van der Waals surface area contributed by atoms with Gasteiger partial charge in [-0.2, -0.15) is 0 Å². The summed E-state index contributed by atoms with van der Waals surface area (Å²) >= 11 is 6.26. The van der Waals surface area contributed by atoms with Crippen molar-refractivity contribution in [2.75, 3.05) is 25.0 Å². The minimum absolute atomic E-state index is 0.0972. The first-order valence-electron chi connectivity index (χ1n) is 7.35. The van der Waals surface area contributed by atoms with Crippen LogP contribution in [0.15, 0.2) is 0 Å². The van der Waals surface area contributed by atoms with E-state index >= 15 is 0 Å². The predicted octanol–water partition coefficient (Wildman–Crippen LogP) is 2.45. The van der Waals surface area contributed by atoms with Crippen LogP contribution < -0.4 is 4.90 Å². The highest BCUT2D eigenvalue weighted by Gasteiger charge is 2.42. The third kappa shape index (κ3) is 2.84. The fraction of sp³-hybridized carbons (Fsp3) is 0.667. The Bertz CT molecular complexity index is 559. The van der Waals surface area contributed by atoms with E-state index in [2.05, 4.69) is 21.8 Å². The van der Waals surface area contributed by atoms with Crippen LogP contribution in [-0.4, -0.2) is 46.5 Å². The SMILES string of the molecule is CCCc1nc(Cl)c(C)c(N2CCN(C)C(=O)C2(C)C)n1. The van der Waals surface area contributed by atoms with Gasteiger partial charge in [-0.25, -0.2) is 9.97 Å². The van der Waals surface area contributed by atoms with E-state index in [1.165, 1.54) is 0 Å². The number of aryl methyl sites for hydroxylation is 1. The second kappa shape index (κ2) is 5.79. The van der Waals surface area contributed by atoms with Crippen molar-refractivity contribution < 1.29 is 4.79 Å². The van der Waals surface area contributed by atoms with Crippen LogP contribution in [0, 0.1) is 6.92 Å². The molecule has 0 bridgehead atoms. The lowest BCUT2D eigenvalue weighted by atomic mass is 9.97. The zero-order valence-corrected chi connectivity index (χ0v) is 14.2. The molecule has 1 saturated heterocycles. The Morgan fingerprint density at radius 3 is 2.57 bits per heavy atom. The lowest BCUT2D eigenvalue weighted by molar-refractivity contribution is -0.136. The molecule has 1 aromatic heterocycles. The molecule has 1 aliphatic rings.